The van der Waals surface area contributed by atoms with Crippen molar-refractivity contribution < 1.29 is 9.47 Å². The Hall–Kier alpha value is -1.91. The molecular weight excluding hydrogens is 429 g/mol. The van der Waals surface area contributed by atoms with Crippen molar-refractivity contribution in [2.45, 2.75) is 26.1 Å². The molecule has 6 heteroatoms. The molecule has 0 spiro atoms. The fourth-order valence-electron chi connectivity index (χ4n) is 2.93. The molecule has 1 atom stereocenters. The maximum atomic E-state index is 6.49. The summed E-state index contributed by atoms with van der Waals surface area (Å²) in [5, 5.41) is 4.99. The molecule has 0 amide bonds. The van der Waals surface area contributed by atoms with Crippen LogP contribution in [0.15, 0.2) is 60.7 Å². The lowest BCUT2D eigenvalue weighted by Crippen LogP contribution is -2.18. The molecule has 0 fully saturated rings. The van der Waals surface area contributed by atoms with Gasteiger partial charge >= 0.3 is 0 Å². The van der Waals surface area contributed by atoms with Gasteiger partial charge < -0.3 is 14.8 Å². The number of hydrogen-bond donors (Lipinski definition) is 1. The van der Waals surface area contributed by atoms with Crippen molar-refractivity contribution in [1.82, 2.24) is 5.32 Å². The van der Waals surface area contributed by atoms with Crippen LogP contribution in [-0.4, -0.2) is 7.11 Å². The second kappa shape index (κ2) is 10.2. The molecule has 0 saturated carbocycles. The monoisotopic (exact) mass is 449 g/mol. The van der Waals surface area contributed by atoms with Gasteiger partial charge in [-0.15, -0.1) is 0 Å². The molecule has 0 bridgehead atoms. The van der Waals surface area contributed by atoms with Crippen molar-refractivity contribution in [3.63, 3.8) is 0 Å². The van der Waals surface area contributed by atoms with Gasteiger partial charge in [-0.25, -0.2) is 0 Å². The molecule has 0 saturated heterocycles. The van der Waals surface area contributed by atoms with Crippen LogP contribution in [0.3, 0.4) is 0 Å². The van der Waals surface area contributed by atoms with Gasteiger partial charge in [-0.3, -0.25) is 0 Å². The van der Waals surface area contributed by atoms with Crippen LogP contribution in [0.1, 0.15) is 29.7 Å². The predicted octanol–water partition coefficient (Wildman–Crippen LogP) is 7.09. The minimum atomic E-state index is 0.214. The average molecular weight is 451 g/mol. The Morgan fingerprint density at radius 3 is 2.28 bits per heavy atom. The first-order valence-electron chi connectivity index (χ1n) is 9.19. The van der Waals surface area contributed by atoms with Crippen molar-refractivity contribution in [2.24, 2.45) is 0 Å². The highest BCUT2D eigenvalue weighted by Crippen LogP contribution is 2.37. The minimum absolute atomic E-state index is 0.214. The second-order valence-corrected chi connectivity index (χ2v) is 7.88. The molecule has 29 heavy (non-hydrogen) atoms. The first-order chi connectivity index (χ1) is 14.0. The van der Waals surface area contributed by atoms with E-state index in [1.807, 2.05) is 36.4 Å². The van der Waals surface area contributed by atoms with Crippen LogP contribution in [0.4, 0.5) is 0 Å². The Labute approximate surface area is 186 Å². The summed E-state index contributed by atoms with van der Waals surface area (Å²) in [6.45, 7) is 3.08. The van der Waals surface area contributed by atoms with Gasteiger partial charge in [0.15, 0.2) is 11.5 Å². The van der Waals surface area contributed by atoms with Crippen LogP contribution < -0.4 is 14.8 Å². The third kappa shape index (κ3) is 5.80. The van der Waals surface area contributed by atoms with E-state index in [4.69, 9.17) is 44.3 Å². The number of methoxy groups -OCH3 is 1. The summed E-state index contributed by atoms with van der Waals surface area (Å²) in [4.78, 5) is 0. The van der Waals surface area contributed by atoms with Crippen LogP contribution in [-0.2, 0) is 13.2 Å². The van der Waals surface area contributed by atoms with E-state index in [2.05, 4.69) is 24.4 Å². The number of halogens is 3. The summed E-state index contributed by atoms with van der Waals surface area (Å²) < 4.78 is 11.4. The zero-order valence-electron chi connectivity index (χ0n) is 16.2. The minimum Gasteiger partial charge on any atom is -0.493 e. The molecule has 0 heterocycles. The Morgan fingerprint density at radius 1 is 0.862 bits per heavy atom. The normalized spacial score (nSPS) is 11.9. The quantitative estimate of drug-likeness (QED) is 0.397. The van der Waals surface area contributed by atoms with E-state index in [1.165, 1.54) is 5.56 Å². The van der Waals surface area contributed by atoms with Crippen LogP contribution in [0.2, 0.25) is 15.1 Å². The van der Waals surface area contributed by atoms with Crippen molar-refractivity contribution in [2.75, 3.05) is 7.11 Å². The molecule has 3 nitrogen and oxygen atoms in total. The highest BCUT2D eigenvalue weighted by Gasteiger charge is 2.14. The maximum absolute atomic E-state index is 6.49. The molecule has 1 unspecified atom stereocenters. The number of benzene rings is 3. The Morgan fingerprint density at radius 2 is 1.59 bits per heavy atom. The molecule has 0 aliphatic carbocycles. The van der Waals surface area contributed by atoms with Crippen LogP contribution >= 0.6 is 34.8 Å². The molecule has 1 N–H and O–H groups in total. The Kier molecular flexibility index (Phi) is 7.68. The fourth-order valence-corrected chi connectivity index (χ4v) is 3.54. The average Bonchev–Trinajstić information content (AvgIpc) is 2.73. The van der Waals surface area contributed by atoms with Crippen molar-refractivity contribution >= 4 is 34.8 Å². The molecule has 0 aliphatic rings. The van der Waals surface area contributed by atoms with Gasteiger partial charge in [0.1, 0.15) is 6.61 Å². The number of nitrogens with one attached hydrogen (secondary N) is 1. The van der Waals surface area contributed by atoms with Crippen molar-refractivity contribution in [3.05, 3.63) is 92.4 Å². The molecule has 0 aromatic heterocycles. The van der Waals surface area contributed by atoms with Gasteiger partial charge in [-0.05, 0) is 47.9 Å². The van der Waals surface area contributed by atoms with Crippen LogP contribution in [0.5, 0.6) is 11.5 Å². The third-order valence-electron chi connectivity index (χ3n) is 4.57. The summed E-state index contributed by atoms with van der Waals surface area (Å²) in [5.41, 5.74) is 3.13. The van der Waals surface area contributed by atoms with E-state index in [0.29, 0.717) is 39.7 Å². The van der Waals surface area contributed by atoms with Crippen LogP contribution in [0, 0.1) is 0 Å². The van der Waals surface area contributed by atoms with E-state index in [-0.39, 0.29) is 6.04 Å². The van der Waals surface area contributed by atoms with Gasteiger partial charge in [0.2, 0.25) is 0 Å². The predicted molar refractivity (Wildman–Crippen MR) is 120 cm³/mol. The van der Waals surface area contributed by atoms with Gasteiger partial charge in [-0.1, -0.05) is 71.2 Å². The molecule has 3 rings (SSSR count). The molecule has 0 radical (unpaired) electrons. The van der Waals surface area contributed by atoms with E-state index < -0.39 is 0 Å². The number of hydrogen-bond acceptors (Lipinski definition) is 3. The van der Waals surface area contributed by atoms with E-state index >= 15 is 0 Å². The first kappa shape index (κ1) is 21.8. The summed E-state index contributed by atoms with van der Waals surface area (Å²) in [7, 11) is 1.60. The van der Waals surface area contributed by atoms with E-state index in [1.54, 1.807) is 19.2 Å². The van der Waals surface area contributed by atoms with E-state index in [0.717, 1.165) is 11.1 Å². The zero-order chi connectivity index (χ0) is 20.8. The maximum Gasteiger partial charge on any atom is 0.180 e. The highest BCUT2D eigenvalue weighted by molar-refractivity contribution is 6.42. The number of ether oxygens (including phenoxy) is 2. The molecular formula is C23H22Cl3NO2. The summed E-state index contributed by atoms with van der Waals surface area (Å²) in [6.07, 6.45) is 0. The van der Waals surface area contributed by atoms with E-state index in [9.17, 15) is 0 Å². The lowest BCUT2D eigenvalue weighted by molar-refractivity contribution is 0.284. The van der Waals surface area contributed by atoms with Crippen molar-refractivity contribution in [3.8, 4) is 11.5 Å². The standard InChI is InChI=1S/C23H22Cl3NO2/c1-15(18-6-4-3-5-7-18)27-13-17-11-21(26)23(22(12-17)28-2)29-14-16-8-9-19(24)20(25)10-16/h3-12,15,27H,13-14H2,1-2H3. The zero-order valence-corrected chi connectivity index (χ0v) is 18.5. The van der Waals surface area contributed by atoms with Crippen molar-refractivity contribution in [1.29, 1.82) is 0 Å². The molecule has 0 aliphatic heterocycles. The summed E-state index contributed by atoms with van der Waals surface area (Å²) in [6, 6.07) is 19.7. The lowest BCUT2D eigenvalue weighted by atomic mass is 10.1. The highest BCUT2D eigenvalue weighted by atomic mass is 35.5. The molecule has 3 aromatic carbocycles. The van der Waals surface area contributed by atoms with Gasteiger partial charge in [-0.2, -0.15) is 0 Å². The van der Waals surface area contributed by atoms with Gasteiger partial charge in [0, 0.05) is 12.6 Å². The Balaban J connectivity index is 1.69. The summed E-state index contributed by atoms with van der Waals surface area (Å²) in [5.74, 6) is 1.09. The first-order valence-corrected chi connectivity index (χ1v) is 10.3. The Bertz CT molecular complexity index is 964. The van der Waals surface area contributed by atoms with Gasteiger partial charge in [0.25, 0.3) is 0 Å². The largest absolute Gasteiger partial charge is 0.493 e. The molecule has 152 valence electrons. The van der Waals surface area contributed by atoms with Gasteiger partial charge in [0.05, 0.1) is 22.2 Å². The SMILES string of the molecule is COc1cc(CNC(C)c2ccccc2)cc(Cl)c1OCc1ccc(Cl)c(Cl)c1. The second-order valence-electron chi connectivity index (χ2n) is 6.66. The summed E-state index contributed by atoms with van der Waals surface area (Å²) >= 11 is 18.5. The fraction of sp³-hybridized carbons (Fsp3) is 0.217. The third-order valence-corrected chi connectivity index (χ3v) is 5.59. The van der Waals surface area contributed by atoms with Crippen LogP contribution in [0.25, 0.3) is 0 Å². The lowest BCUT2D eigenvalue weighted by Gasteiger charge is -2.17. The molecule has 3 aromatic rings. The topological polar surface area (TPSA) is 30.5 Å². The number of rotatable bonds is 8. The smallest absolute Gasteiger partial charge is 0.180 e.